The van der Waals surface area contributed by atoms with E-state index in [9.17, 15) is 4.79 Å². The zero-order valence-electron chi connectivity index (χ0n) is 10.4. The summed E-state index contributed by atoms with van der Waals surface area (Å²) in [6, 6.07) is 0. The summed E-state index contributed by atoms with van der Waals surface area (Å²) >= 11 is 0. The second-order valence-electron chi connectivity index (χ2n) is 5.30. The van der Waals surface area contributed by atoms with Crippen LogP contribution in [0.2, 0.25) is 0 Å². The van der Waals surface area contributed by atoms with E-state index < -0.39 is 5.60 Å². The number of hydrogen-bond acceptors (Lipinski definition) is 4. The second kappa shape index (κ2) is 5.47. The topological polar surface area (TPSA) is 58.6 Å². The molecule has 0 aliphatic heterocycles. The van der Waals surface area contributed by atoms with Crippen LogP contribution in [0, 0.1) is 0 Å². The standard InChI is InChI=1S/C11H23NO3/c1-10(2,3)15-9(14)8-11(4,5)12-6-7-13/h12-13H,6-8H2,1-5H3. The van der Waals surface area contributed by atoms with Crippen LogP contribution in [0.3, 0.4) is 0 Å². The number of rotatable bonds is 5. The van der Waals surface area contributed by atoms with Crippen molar-refractivity contribution in [1.29, 1.82) is 0 Å². The lowest BCUT2D eigenvalue weighted by Crippen LogP contribution is -2.43. The first-order chi connectivity index (χ1) is 6.66. The predicted octanol–water partition coefficient (Wildman–Crippen LogP) is 1.08. The highest BCUT2D eigenvalue weighted by Gasteiger charge is 2.25. The van der Waals surface area contributed by atoms with E-state index in [1.54, 1.807) is 0 Å². The van der Waals surface area contributed by atoms with Gasteiger partial charge in [-0.2, -0.15) is 0 Å². The maximum Gasteiger partial charge on any atom is 0.308 e. The Kier molecular flexibility index (Phi) is 5.24. The molecule has 0 fully saturated rings. The van der Waals surface area contributed by atoms with Crippen LogP contribution >= 0.6 is 0 Å². The molecule has 0 amide bonds. The smallest absolute Gasteiger partial charge is 0.308 e. The largest absolute Gasteiger partial charge is 0.460 e. The molecular formula is C11H23NO3. The monoisotopic (exact) mass is 217 g/mol. The number of aliphatic hydroxyl groups is 1. The van der Waals surface area contributed by atoms with Crippen LogP contribution in [0.4, 0.5) is 0 Å². The van der Waals surface area contributed by atoms with Crippen molar-refractivity contribution in [3.05, 3.63) is 0 Å². The van der Waals surface area contributed by atoms with Gasteiger partial charge in [-0.15, -0.1) is 0 Å². The average molecular weight is 217 g/mol. The Labute approximate surface area is 92.0 Å². The van der Waals surface area contributed by atoms with E-state index in [-0.39, 0.29) is 18.1 Å². The maximum atomic E-state index is 11.5. The normalized spacial score (nSPS) is 12.7. The van der Waals surface area contributed by atoms with E-state index in [2.05, 4.69) is 5.32 Å². The Morgan fingerprint density at radius 1 is 1.27 bits per heavy atom. The van der Waals surface area contributed by atoms with Crippen molar-refractivity contribution in [3.8, 4) is 0 Å². The van der Waals surface area contributed by atoms with Gasteiger partial charge in [-0.05, 0) is 34.6 Å². The molecule has 0 heterocycles. The Balaban J connectivity index is 4.04. The molecule has 0 aromatic heterocycles. The highest BCUT2D eigenvalue weighted by atomic mass is 16.6. The Morgan fingerprint density at radius 2 is 1.80 bits per heavy atom. The fourth-order valence-electron chi connectivity index (χ4n) is 1.20. The van der Waals surface area contributed by atoms with Gasteiger partial charge >= 0.3 is 5.97 Å². The van der Waals surface area contributed by atoms with Gasteiger partial charge in [0.15, 0.2) is 0 Å². The van der Waals surface area contributed by atoms with Crippen LogP contribution in [-0.2, 0) is 9.53 Å². The molecule has 2 N–H and O–H groups in total. The van der Waals surface area contributed by atoms with Gasteiger partial charge in [0.2, 0.25) is 0 Å². The van der Waals surface area contributed by atoms with Crippen LogP contribution in [-0.4, -0.2) is 35.4 Å². The number of nitrogens with one attached hydrogen (secondary N) is 1. The molecule has 0 aromatic rings. The van der Waals surface area contributed by atoms with Gasteiger partial charge in [0.1, 0.15) is 5.60 Å². The lowest BCUT2D eigenvalue weighted by molar-refractivity contribution is -0.156. The highest BCUT2D eigenvalue weighted by Crippen LogP contribution is 2.14. The van der Waals surface area contributed by atoms with Crippen LogP contribution in [0.1, 0.15) is 41.0 Å². The average Bonchev–Trinajstić information content (AvgIpc) is 1.95. The molecule has 0 aliphatic carbocycles. The first kappa shape index (κ1) is 14.4. The molecule has 0 rings (SSSR count). The molecule has 4 nitrogen and oxygen atoms in total. The summed E-state index contributed by atoms with van der Waals surface area (Å²) in [6.07, 6.45) is 0.296. The van der Waals surface area contributed by atoms with Crippen molar-refractivity contribution in [2.75, 3.05) is 13.2 Å². The molecule has 0 unspecified atom stereocenters. The van der Waals surface area contributed by atoms with E-state index in [0.29, 0.717) is 13.0 Å². The first-order valence-electron chi connectivity index (χ1n) is 5.24. The van der Waals surface area contributed by atoms with Crippen molar-refractivity contribution in [1.82, 2.24) is 5.32 Å². The van der Waals surface area contributed by atoms with E-state index in [1.165, 1.54) is 0 Å². The number of ether oxygens (including phenoxy) is 1. The molecule has 15 heavy (non-hydrogen) atoms. The van der Waals surface area contributed by atoms with Crippen molar-refractivity contribution in [2.24, 2.45) is 0 Å². The molecule has 4 heteroatoms. The van der Waals surface area contributed by atoms with E-state index >= 15 is 0 Å². The summed E-state index contributed by atoms with van der Waals surface area (Å²) in [6.45, 7) is 9.91. The number of aliphatic hydroxyl groups excluding tert-OH is 1. The zero-order valence-corrected chi connectivity index (χ0v) is 10.4. The summed E-state index contributed by atoms with van der Waals surface area (Å²) in [5.74, 6) is -0.224. The van der Waals surface area contributed by atoms with Crippen LogP contribution in [0.25, 0.3) is 0 Å². The molecule has 0 spiro atoms. The maximum absolute atomic E-state index is 11.5. The lowest BCUT2D eigenvalue weighted by atomic mass is 10.0. The number of esters is 1. The zero-order chi connectivity index (χ0) is 12.1. The minimum atomic E-state index is -0.440. The third kappa shape index (κ3) is 8.39. The number of β-amino-alcohol motifs (C(OH)–C–C–N with tert-alkyl or cyclic N) is 1. The quantitative estimate of drug-likeness (QED) is 0.677. The molecule has 0 saturated carbocycles. The van der Waals surface area contributed by atoms with Crippen LogP contribution in [0.15, 0.2) is 0 Å². The second-order valence-corrected chi connectivity index (χ2v) is 5.30. The van der Waals surface area contributed by atoms with Gasteiger partial charge in [-0.3, -0.25) is 4.79 Å². The minimum absolute atomic E-state index is 0.0672. The van der Waals surface area contributed by atoms with Crippen molar-refractivity contribution in [3.63, 3.8) is 0 Å². The third-order valence-corrected chi connectivity index (χ3v) is 1.72. The van der Waals surface area contributed by atoms with E-state index in [4.69, 9.17) is 9.84 Å². The Bertz CT molecular complexity index is 206. The minimum Gasteiger partial charge on any atom is -0.460 e. The summed E-state index contributed by atoms with van der Waals surface area (Å²) in [4.78, 5) is 11.5. The van der Waals surface area contributed by atoms with Gasteiger partial charge < -0.3 is 15.2 Å². The van der Waals surface area contributed by atoms with Gasteiger partial charge in [-0.1, -0.05) is 0 Å². The summed E-state index contributed by atoms with van der Waals surface area (Å²) in [7, 11) is 0. The first-order valence-corrected chi connectivity index (χ1v) is 5.24. The van der Waals surface area contributed by atoms with E-state index in [1.807, 2.05) is 34.6 Å². The van der Waals surface area contributed by atoms with Crippen molar-refractivity contribution in [2.45, 2.75) is 52.2 Å². The number of carbonyl (C=O) groups is 1. The molecule has 90 valence electrons. The van der Waals surface area contributed by atoms with E-state index in [0.717, 1.165) is 0 Å². The molecule has 0 bridgehead atoms. The van der Waals surface area contributed by atoms with Gasteiger partial charge in [0, 0.05) is 12.1 Å². The van der Waals surface area contributed by atoms with Crippen LogP contribution in [0.5, 0.6) is 0 Å². The molecule has 0 radical (unpaired) electrons. The van der Waals surface area contributed by atoms with Crippen LogP contribution < -0.4 is 5.32 Å². The number of carbonyl (C=O) groups excluding carboxylic acids is 1. The van der Waals surface area contributed by atoms with Crippen molar-refractivity contribution >= 4 is 5.97 Å². The van der Waals surface area contributed by atoms with Gasteiger partial charge in [0.25, 0.3) is 0 Å². The molecule has 0 aliphatic rings. The fourth-order valence-corrected chi connectivity index (χ4v) is 1.20. The Hall–Kier alpha value is -0.610. The number of hydrogen-bond donors (Lipinski definition) is 2. The molecular weight excluding hydrogens is 194 g/mol. The summed E-state index contributed by atoms with van der Waals surface area (Å²) < 4.78 is 5.21. The highest BCUT2D eigenvalue weighted by molar-refractivity contribution is 5.71. The molecule has 0 saturated heterocycles. The molecule has 0 atom stereocenters. The summed E-state index contributed by atoms with van der Waals surface area (Å²) in [5.41, 5.74) is -0.783. The SMILES string of the molecule is CC(C)(CC(=O)OC(C)(C)C)NCCO. The predicted molar refractivity (Wildman–Crippen MR) is 59.6 cm³/mol. The third-order valence-electron chi connectivity index (χ3n) is 1.72. The summed E-state index contributed by atoms with van der Waals surface area (Å²) in [5, 5.41) is 11.7. The molecule has 0 aromatic carbocycles. The van der Waals surface area contributed by atoms with Gasteiger partial charge in [0.05, 0.1) is 13.0 Å². The van der Waals surface area contributed by atoms with Crippen molar-refractivity contribution < 1.29 is 14.6 Å². The Morgan fingerprint density at radius 3 is 2.20 bits per heavy atom. The lowest BCUT2D eigenvalue weighted by Gasteiger charge is -2.27. The van der Waals surface area contributed by atoms with Gasteiger partial charge in [-0.25, -0.2) is 0 Å². The fraction of sp³-hybridized carbons (Fsp3) is 0.909.